The molecule has 7 nitrogen and oxygen atoms in total. The molecule has 0 unspecified atom stereocenters. The van der Waals surface area contributed by atoms with Gasteiger partial charge in [0, 0.05) is 43.1 Å². The van der Waals surface area contributed by atoms with Gasteiger partial charge in [0.15, 0.2) is 0 Å². The number of aromatic amines is 1. The van der Waals surface area contributed by atoms with Crippen LogP contribution in [0.5, 0.6) is 0 Å². The van der Waals surface area contributed by atoms with Crippen LogP contribution in [-0.4, -0.2) is 42.3 Å². The predicted molar refractivity (Wildman–Crippen MR) is 145 cm³/mol. The Labute approximate surface area is 225 Å². The van der Waals surface area contributed by atoms with E-state index in [2.05, 4.69) is 40.9 Å². The van der Waals surface area contributed by atoms with E-state index < -0.39 is 22.7 Å². The van der Waals surface area contributed by atoms with Crippen molar-refractivity contribution in [3.63, 3.8) is 0 Å². The highest BCUT2D eigenvalue weighted by atomic mass is 19.4. The number of aryl methyl sites for hydroxylation is 1. The monoisotopic (exact) mass is 540 g/mol. The van der Waals surface area contributed by atoms with Gasteiger partial charge in [-0.25, -0.2) is 0 Å². The third kappa shape index (κ3) is 4.90. The number of hydrogen-bond acceptors (Lipinski definition) is 4. The molecule has 0 atom stereocenters. The van der Waals surface area contributed by atoms with Gasteiger partial charge in [0.2, 0.25) is 0 Å². The topological polar surface area (TPSA) is 71.7 Å². The number of H-pyrrole nitrogens is 1. The van der Waals surface area contributed by atoms with Crippen LogP contribution in [-0.2, 0) is 25.2 Å². The van der Waals surface area contributed by atoms with Gasteiger partial charge in [0.25, 0.3) is 5.56 Å². The summed E-state index contributed by atoms with van der Waals surface area (Å²) in [4.78, 5) is 18.8. The molecule has 1 N–H and O–H groups in total. The maximum absolute atomic E-state index is 14.3. The van der Waals surface area contributed by atoms with Gasteiger partial charge < -0.3 is 9.55 Å². The van der Waals surface area contributed by atoms with Crippen LogP contribution in [0.25, 0.3) is 16.6 Å². The third-order valence-electron chi connectivity index (χ3n) is 7.83. The van der Waals surface area contributed by atoms with Crippen molar-refractivity contribution < 1.29 is 13.2 Å². The smallest absolute Gasteiger partial charge is 0.353 e. The second kappa shape index (κ2) is 9.97. The van der Waals surface area contributed by atoms with E-state index in [-0.39, 0.29) is 10.9 Å². The molecule has 4 aromatic rings. The first-order valence-electron chi connectivity index (χ1n) is 13.4. The summed E-state index contributed by atoms with van der Waals surface area (Å²) in [6.45, 7) is 10.4. The van der Waals surface area contributed by atoms with Crippen molar-refractivity contribution in [2.24, 2.45) is 18.9 Å². The average molecular weight is 541 g/mol. The molecule has 0 radical (unpaired) electrons. The van der Waals surface area contributed by atoms with Gasteiger partial charge in [-0.15, -0.1) is 10.2 Å². The molecule has 0 spiro atoms. The van der Waals surface area contributed by atoms with E-state index in [0.29, 0.717) is 29.8 Å². The number of fused-ring (bicyclic) bond motifs is 1. The Hall–Kier alpha value is -3.40. The lowest BCUT2D eigenvalue weighted by Gasteiger charge is -2.46. The SMILES string of the molecule is CCN(Cc1cc2c(C(F)(F)F)cn(-c3cccc(C4(c5nncn5C)CC(C)C4)c3)c(=O)c2[nH]1)CC(C)C. The molecule has 1 aliphatic carbocycles. The fraction of sp³-hybridized carbons (Fsp3) is 0.483. The minimum absolute atomic E-state index is 0.0360. The zero-order chi connectivity index (χ0) is 28.1. The normalized spacial score (nSPS) is 19.8. The first-order valence-corrected chi connectivity index (χ1v) is 13.4. The number of nitrogens with one attached hydrogen (secondary N) is 1. The molecule has 1 saturated carbocycles. The molecule has 3 aromatic heterocycles. The van der Waals surface area contributed by atoms with Gasteiger partial charge >= 0.3 is 6.18 Å². The molecule has 208 valence electrons. The highest BCUT2D eigenvalue weighted by molar-refractivity contribution is 5.84. The van der Waals surface area contributed by atoms with E-state index in [1.165, 1.54) is 6.07 Å². The van der Waals surface area contributed by atoms with Crippen LogP contribution in [0.1, 0.15) is 63.2 Å². The first-order chi connectivity index (χ1) is 18.4. The number of nitrogens with zero attached hydrogens (tertiary/aromatic N) is 5. The van der Waals surface area contributed by atoms with E-state index in [4.69, 9.17) is 0 Å². The Kier molecular flexibility index (Phi) is 6.95. The van der Waals surface area contributed by atoms with Crippen molar-refractivity contribution >= 4 is 10.9 Å². The van der Waals surface area contributed by atoms with Gasteiger partial charge in [-0.05, 0) is 55.0 Å². The molecule has 10 heteroatoms. The molecule has 3 heterocycles. The second-order valence-corrected chi connectivity index (χ2v) is 11.4. The lowest BCUT2D eigenvalue weighted by atomic mass is 9.58. The van der Waals surface area contributed by atoms with Gasteiger partial charge in [0.1, 0.15) is 17.7 Å². The summed E-state index contributed by atoms with van der Waals surface area (Å²) >= 11 is 0. The summed E-state index contributed by atoms with van der Waals surface area (Å²) in [6.07, 6.45) is -0.354. The minimum atomic E-state index is -4.63. The minimum Gasteiger partial charge on any atom is -0.353 e. The van der Waals surface area contributed by atoms with Crippen LogP contribution in [0.2, 0.25) is 0 Å². The lowest BCUT2D eigenvalue weighted by molar-refractivity contribution is -0.136. The van der Waals surface area contributed by atoms with Gasteiger partial charge in [-0.3, -0.25) is 14.3 Å². The van der Waals surface area contributed by atoms with Crippen molar-refractivity contribution in [3.8, 4) is 5.69 Å². The maximum atomic E-state index is 14.3. The molecule has 5 rings (SSSR count). The van der Waals surface area contributed by atoms with E-state index in [1.807, 2.05) is 30.7 Å². The molecule has 0 bridgehead atoms. The standard InChI is InChI=1S/C29H35F3N6O/c1-6-37(14-18(2)3)15-21-11-23-24(29(30,31)32)16-38(26(39)25(23)34-21)22-9-7-8-20(10-22)28(12-19(4)13-28)27-35-33-17-36(27)5/h7-11,16-19,34H,6,12-15H2,1-5H3. The van der Waals surface area contributed by atoms with E-state index in [1.54, 1.807) is 18.5 Å². The average Bonchev–Trinajstić information content (AvgIpc) is 3.47. The zero-order valence-electron chi connectivity index (χ0n) is 23.0. The van der Waals surface area contributed by atoms with Crippen LogP contribution in [0.15, 0.2) is 47.7 Å². The summed E-state index contributed by atoms with van der Waals surface area (Å²) in [7, 11) is 1.89. The second-order valence-electron chi connectivity index (χ2n) is 11.4. The van der Waals surface area contributed by atoms with Crippen LogP contribution in [0.4, 0.5) is 13.2 Å². The number of aromatic nitrogens is 5. The molecule has 1 aromatic carbocycles. The largest absolute Gasteiger partial charge is 0.418 e. The molecule has 0 aliphatic heterocycles. The zero-order valence-corrected chi connectivity index (χ0v) is 23.0. The van der Waals surface area contributed by atoms with Crippen molar-refractivity contribution in [2.45, 2.75) is 58.7 Å². The summed E-state index contributed by atoms with van der Waals surface area (Å²) in [5, 5.41) is 8.32. The van der Waals surface area contributed by atoms with E-state index in [9.17, 15) is 18.0 Å². The molecule has 0 saturated heterocycles. The lowest BCUT2D eigenvalue weighted by Crippen LogP contribution is -2.43. The van der Waals surface area contributed by atoms with Crippen LogP contribution in [0.3, 0.4) is 0 Å². The van der Waals surface area contributed by atoms with Crippen LogP contribution in [0, 0.1) is 11.8 Å². The number of halogens is 3. The van der Waals surface area contributed by atoms with Crippen molar-refractivity contribution in [1.29, 1.82) is 0 Å². The van der Waals surface area contributed by atoms with Gasteiger partial charge in [-0.1, -0.05) is 39.8 Å². The number of alkyl halides is 3. The van der Waals surface area contributed by atoms with Gasteiger partial charge in [0.05, 0.1) is 11.0 Å². The van der Waals surface area contributed by atoms with Crippen molar-refractivity contribution in [1.82, 2.24) is 29.2 Å². The Morgan fingerprint density at radius 1 is 1.23 bits per heavy atom. The molecular formula is C29H35F3N6O. The molecular weight excluding hydrogens is 505 g/mol. The van der Waals surface area contributed by atoms with Gasteiger partial charge in [-0.2, -0.15) is 13.2 Å². The Bertz CT molecular complexity index is 1540. The molecule has 1 aliphatic rings. The maximum Gasteiger partial charge on any atom is 0.418 e. The number of pyridine rings is 1. The Morgan fingerprint density at radius 3 is 2.56 bits per heavy atom. The molecule has 1 fully saturated rings. The van der Waals surface area contributed by atoms with Crippen LogP contribution < -0.4 is 5.56 Å². The van der Waals surface area contributed by atoms with E-state index in [0.717, 1.165) is 48.1 Å². The number of benzene rings is 1. The fourth-order valence-electron chi connectivity index (χ4n) is 6.18. The van der Waals surface area contributed by atoms with E-state index >= 15 is 0 Å². The van der Waals surface area contributed by atoms with Crippen molar-refractivity contribution in [3.05, 3.63) is 75.9 Å². The molecule has 0 amide bonds. The summed E-state index contributed by atoms with van der Waals surface area (Å²) in [5.74, 6) is 1.69. The third-order valence-corrected chi connectivity index (χ3v) is 7.83. The highest BCUT2D eigenvalue weighted by Gasteiger charge is 2.48. The summed E-state index contributed by atoms with van der Waals surface area (Å²) in [6, 6.07) is 8.72. The summed E-state index contributed by atoms with van der Waals surface area (Å²) < 4.78 is 45.9. The number of hydrogen-bond donors (Lipinski definition) is 1. The predicted octanol–water partition coefficient (Wildman–Crippen LogP) is 5.66. The van der Waals surface area contributed by atoms with Crippen molar-refractivity contribution in [2.75, 3.05) is 13.1 Å². The van der Waals surface area contributed by atoms with Crippen LogP contribution >= 0.6 is 0 Å². The molecule has 39 heavy (non-hydrogen) atoms. The number of rotatable bonds is 8. The summed E-state index contributed by atoms with van der Waals surface area (Å²) in [5.41, 5.74) is 0.102. The first kappa shape index (κ1) is 27.2. The Balaban J connectivity index is 1.63. The Morgan fingerprint density at radius 2 is 1.97 bits per heavy atom. The highest BCUT2D eigenvalue weighted by Crippen LogP contribution is 2.51. The quantitative estimate of drug-likeness (QED) is 0.313. The fourth-order valence-corrected chi connectivity index (χ4v) is 6.18.